The van der Waals surface area contributed by atoms with Gasteiger partial charge in [0.25, 0.3) is 0 Å². The number of Topliss-reactive ketones (excluding diaryl/α,β-unsaturated/α-hetero) is 1. The van der Waals surface area contributed by atoms with Crippen LogP contribution in [0.4, 0.5) is 4.39 Å². The van der Waals surface area contributed by atoms with Gasteiger partial charge in [0, 0.05) is 5.56 Å². The SMILES string of the molecule is Cc1ccc(C(=O)C(F)CO)cc1. The summed E-state index contributed by atoms with van der Waals surface area (Å²) in [4.78, 5) is 11.2. The fraction of sp³-hybridized carbons (Fsp3) is 0.300. The third kappa shape index (κ3) is 2.36. The lowest BCUT2D eigenvalue weighted by atomic mass is 10.1. The number of aliphatic hydroxyl groups is 1. The van der Waals surface area contributed by atoms with Crippen molar-refractivity contribution >= 4 is 5.78 Å². The highest BCUT2D eigenvalue weighted by Gasteiger charge is 2.17. The first-order valence-electron chi connectivity index (χ1n) is 4.01. The van der Waals surface area contributed by atoms with Crippen molar-refractivity contribution in [2.75, 3.05) is 6.61 Å². The zero-order chi connectivity index (χ0) is 9.84. The highest BCUT2D eigenvalue weighted by Crippen LogP contribution is 2.07. The normalized spacial score (nSPS) is 12.5. The summed E-state index contributed by atoms with van der Waals surface area (Å²) in [6.45, 7) is 1.12. The van der Waals surface area contributed by atoms with E-state index in [1.54, 1.807) is 24.3 Å². The van der Waals surface area contributed by atoms with Gasteiger partial charge in [0.05, 0.1) is 6.61 Å². The number of hydrogen-bond donors (Lipinski definition) is 1. The van der Waals surface area contributed by atoms with Crippen molar-refractivity contribution in [3.63, 3.8) is 0 Å². The molecule has 1 aromatic rings. The Morgan fingerprint density at radius 2 is 2.00 bits per heavy atom. The number of alkyl halides is 1. The lowest BCUT2D eigenvalue weighted by Crippen LogP contribution is -2.19. The molecule has 13 heavy (non-hydrogen) atoms. The van der Waals surface area contributed by atoms with E-state index in [0.29, 0.717) is 5.56 Å². The van der Waals surface area contributed by atoms with Crippen LogP contribution in [0.5, 0.6) is 0 Å². The lowest BCUT2D eigenvalue weighted by Gasteiger charge is -2.03. The van der Waals surface area contributed by atoms with Gasteiger partial charge in [-0.25, -0.2) is 4.39 Å². The number of ketones is 1. The van der Waals surface area contributed by atoms with Gasteiger partial charge in [0.2, 0.25) is 0 Å². The highest BCUT2D eigenvalue weighted by molar-refractivity contribution is 5.99. The molecule has 1 unspecified atom stereocenters. The highest BCUT2D eigenvalue weighted by atomic mass is 19.1. The first-order valence-corrected chi connectivity index (χ1v) is 4.01. The maximum Gasteiger partial charge on any atom is 0.199 e. The van der Waals surface area contributed by atoms with Gasteiger partial charge in [-0.1, -0.05) is 29.8 Å². The number of rotatable bonds is 3. The predicted molar refractivity (Wildman–Crippen MR) is 47.5 cm³/mol. The number of hydrogen-bond acceptors (Lipinski definition) is 2. The van der Waals surface area contributed by atoms with Crippen molar-refractivity contribution in [1.29, 1.82) is 0 Å². The molecule has 0 aromatic heterocycles. The van der Waals surface area contributed by atoms with Crippen LogP contribution in [0.15, 0.2) is 24.3 Å². The molecule has 0 aliphatic carbocycles. The molecule has 0 amide bonds. The third-order valence-corrected chi connectivity index (χ3v) is 1.78. The van der Waals surface area contributed by atoms with E-state index in [4.69, 9.17) is 5.11 Å². The molecule has 0 spiro atoms. The molecule has 1 aromatic carbocycles. The van der Waals surface area contributed by atoms with Crippen LogP contribution < -0.4 is 0 Å². The van der Waals surface area contributed by atoms with E-state index in [2.05, 4.69) is 0 Å². The Morgan fingerprint density at radius 3 is 2.46 bits per heavy atom. The van der Waals surface area contributed by atoms with Crippen molar-refractivity contribution in [3.8, 4) is 0 Å². The average molecular weight is 182 g/mol. The molecule has 0 fully saturated rings. The Labute approximate surface area is 76.0 Å². The van der Waals surface area contributed by atoms with Gasteiger partial charge in [-0.2, -0.15) is 0 Å². The number of benzene rings is 1. The number of carbonyl (C=O) groups is 1. The van der Waals surface area contributed by atoms with Crippen LogP contribution in [0.1, 0.15) is 15.9 Å². The molecule has 0 saturated carbocycles. The molecule has 2 nitrogen and oxygen atoms in total. The second-order valence-electron chi connectivity index (χ2n) is 2.88. The average Bonchev–Trinajstić information content (AvgIpc) is 2.17. The molecule has 0 bridgehead atoms. The van der Waals surface area contributed by atoms with Crippen LogP contribution in [0, 0.1) is 6.92 Å². The zero-order valence-electron chi connectivity index (χ0n) is 7.33. The second-order valence-corrected chi connectivity index (χ2v) is 2.88. The minimum absolute atomic E-state index is 0.298. The maximum atomic E-state index is 12.7. The third-order valence-electron chi connectivity index (χ3n) is 1.78. The smallest absolute Gasteiger partial charge is 0.199 e. The van der Waals surface area contributed by atoms with Crippen LogP contribution in [0.2, 0.25) is 0 Å². The molecule has 0 aliphatic rings. The Morgan fingerprint density at radius 1 is 1.46 bits per heavy atom. The minimum Gasteiger partial charge on any atom is -0.393 e. The number of halogens is 1. The quantitative estimate of drug-likeness (QED) is 0.719. The summed E-state index contributed by atoms with van der Waals surface area (Å²) >= 11 is 0. The summed E-state index contributed by atoms with van der Waals surface area (Å²) < 4.78 is 12.7. The van der Waals surface area contributed by atoms with Crippen LogP contribution in [-0.2, 0) is 0 Å². The first kappa shape index (κ1) is 9.86. The largest absolute Gasteiger partial charge is 0.393 e. The molecule has 1 rings (SSSR count). The zero-order valence-corrected chi connectivity index (χ0v) is 7.33. The Kier molecular flexibility index (Phi) is 3.14. The summed E-state index contributed by atoms with van der Waals surface area (Å²) in [6, 6.07) is 6.58. The summed E-state index contributed by atoms with van der Waals surface area (Å²) in [5, 5.41) is 8.43. The summed E-state index contributed by atoms with van der Waals surface area (Å²) in [5.74, 6) is -0.664. The standard InChI is InChI=1S/C10H11FO2/c1-7-2-4-8(5-3-7)10(13)9(11)6-12/h2-5,9,12H,6H2,1H3. The number of aliphatic hydroxyl groups excluding tert-OH is 1. The minimum atomic E-state index is -1.80. The van der Waals surface area contributed by atoms with E-state index >= 15 is 0 Å². The molecule has 0 radical (unpaired) electrons. The number of carbonyl (C=O) groups excluding carboxylic acids is 1. The molecule has 1 N–H and O–H groups in total. The fourth-order valence-corrected chi connectivity index (χ4v) is 0.982. The molecule has 0 heterocycles. The van der Waals surface area contributed by atoms with Gasteiger partial charge in [0.15, 0.2) is 12.0 Å². The lowest BCUT2D eigenvalue weighted by molar-refractivity contribution is 0.0796. The van der Waals surface area contributed by atoms with E-state index in [1.165, 1.54) is 0 Å². The van der Waals surface area contributed by atoms with Gasteiger partial charge in [0.1, 0.15) is 0 Å². The second kappa shape index (κ2) is 4.14. The summed E-state index contributed by atoms with van der Waals surface area (Å²) in [5.41, 5.74) is 1.31. The van der Waals surface area contributed by atoms with E-state index in [-0.39, 0.29) is 0 Å². The van der Waals surface area contributed by atoms with Gasteiger partial charge in [-0.3, -0.25) is 4.79 Å². The van der Waals surface area contributed by atoms with Crippen LogP contribution >= 0.6 is 0 Å². The Bertz CT molecular complexity index is 292. The molecule has 1 atom stereocenters. The molecular weight excluding hydrogens is 171 g/mol. The van der Waals surface area contributed by atoms with Gasteiger partial charge >= 0.3 is 0 Å². The van der Waals surface area contributed by atoms with Gasteiger partial charge in [-0.05, 0) is 6.92 Å². The number of aryl methyl sites for hydroxylation is 1. The van der Waals surface area contributed by atoms with E-state index in [0.717, 1.165) is 5.56 Å². The van der Waals surface area contributed by atoms with E-state index in [9.17, 15) is 9.18 Å². The predicted octanol–water partition coefficient (Wildman–Crippen LogP) is 1.51. The maximum absolute atomic E-state index is 12.7. The fourth-order valence-electron chi connectivity index (χ4n) is 0.982. The Balaban J connectivity index is 2.83. The van der Waals surface area contributed by atoms with E-state index < -0.39 is 18.6 Å². The van der Waals surface area contributed by atoms with Crippen molar-refractivity contribution < 1.29 is 14.3 Å². The van der Waals surface area contributed by atoms with Crippen molar-refractivity contribution in [2.45, 2.75) is 13.1 Å². The molecule has 0 saturated heterocycles. The van der Waals surface area contributed by atoms with Crippen molar-refractivity contribution in [2.24, 2.45) is 0 Å². The molecule has 3 heteroatoms. The van der Waals surface area contributed by atoms with Crippen LogP contribution in [0.25, 0.3) is 0 Å². The molecular formula is C10H11FO2. The monoisotopic (exact) mass is 182 g/mol. The Hall–Kier alpha value is -1.22. The van der Waals surface area contributed by atoms with Gasteiger partial charge in [-0.15, -0.1) is 0 Å². The van der Waals surface area contributed by atoms with Crippen LogP contribution in [-0.4, -0.2) is 23.7 Å². The molecule has 0 aliphatic heterocycles. The topological polar surface area (TPSA) is 37.3 Å². The van der Waals surface area contributed by atoms with Crippen molar-refractivity contribution in [1.82, 2.24) is 0 Å². The van der Waals surface area contributed by atoms with Gasteiger partial charge < -0.3 is 5.11 Å². The van der Waals surface area contributed by atoms with E-state index in [1.807, 2.05) is 6.92 Å². The summed E-state index contributed by atoms with van der Waals surface area (Å²) in [6.07, 6.45) is -1.80. The van der Waals surface area contributed by atoms with Crippen molar-refractivity contribution in [3.05, 3.63) is 35.4 Å². The van der Waals surface area contributed by atoms with Crippen LogP contribution in [0.3, 0.4) is 0 Å². The molecule has 70 valence electrons. The summed E-state index contributed by atoms with van der Waals surface area (Å²) in [7, 11) is 0. The first-order chi connectivity index (χ1) is 6.15.